The standard InChI is InChI=1S/C23H28N4O3/c1-14(16-7-4-6-10-20(16)30-2)11-21(24)26-27-19(22(27)23(28)29)12-15-13-25-18-9-5-3-8-17(15)18/h3-10,13-14,19,21-22,25-26H,11-12,24H2,1-2H3,(H,28,29)/t14?,19-,21?,22-,27?/m0/s1. The summed E-state index contributed by atoms with van der Waals surface area (Å²) >= 11 is 0. The zero-order chi connectivity index (χ0) is 21.3. The molecule has 30 heavy (non-hydrogen) atoms. The van der Waals surface area contributed by atoms with Gasteiger partial charge in [-0.3, -0.25) is 4.79 Å². The summed E-state index contributed by atoms with van der Waals surface area (Å²) in [5, 5.41) is 12.5. The lowest BCUT2D eigenvalue weighted by atomic mass is 9.96. The zero-order valence-corrected chi connectivity index (χ0v) is 17.2. The van der Waals surface area contributed by atoms with Gasteiger partial charge < -0.3 is 20.6 Å². The predicted molar refractivity (Wildman–Crippen MR) is 116 cm³/mol. The SMILES string of the molecule is COc1ccccc1C(C)CC(N)NN1[C@H](C(=O)O)[C@@H]1Cc1c[nH]c2ccccc12. The Labute approximate surface area is 175 Å². The van der Waals surface area contributed by atoms with Crippen LogP contribution in [0.1, 0.15) is 30.4 Å². The number of rotatable bonds is 9. The molecule has 1 saturated heterocycles. The van der Waals surface area contributed by atoms with Crippen LogP contribution in [0.2, 0.25) is 0 Å². The van der Waals surface area contributed by atoms with E-state index in [1.165, 1.54) is 0 Å². The minimum Gasteiger partial charge on any atom is -0.496 e. The van der Waals surface area contributed by atoms with Gasteiger partial charge in [-0.2, -0.15) is 0 Å². The third-order valence-electron chi connectivity index (χ3n) is 5.88. The van der Waals surface area contributed by atoms with Crippen LogP contribution in [0, 0.1) is 0 Å². The van der Waals surface area contributed by atoms with Crippen molar-refractivity contribution in [3.63, 3.8) is 0 Å². The molecular formula is C23H28N4O3. The first-order valence-corrected chi connectivity index (χ1v) is 10.2. The van der Waals surface area contributed by atoms with Crippen molar-refractivity contribution >= 4 is 16.9 Å². The number of hydrogen-bond donors (Lipinski definition) is 4. The number of methoxy groups -OCH3 is 1. The summed E-state index contributed by atoms with van der Waals surface area (Å²) in [4.78, 5) is 15.0. The van der Waals surface area contributed by atoms with Crippen LogP contribution in [0.5, 0.6) is 5.75 Å². The van der Waals surface area contributed by atoms with E-state index in [-0.39, 0.29) is 18.1 Å². The smallest absolute Gasteiger partial charge is 0.324 e. The van der Waals surface area contributed by atoms with Crippen molar-refractivity contribution < 1.29 is 14.6 Å². The number of nitrogens with two attached hydrogens (primary N) is 1. The Morgan fingerprint density at radius 1 is 1.27 bits per heavy atom. The summed E-state index contributed by atoms with van der Waals surface area (Å²) in [6.45, 7) is 2.10. The number of benzene rings is 2. The van der Waals surface area contributed by atoms with Crippen LogP contribution in [0.3, 0.4) is 0 Å². The minimum absolute atomic E-state index is 0.130. The maximum absolute atomic E-state index is 11.7. The molecule has 1 aliphatic heterocycles. The first-order chi connectivity index (χ1) is 14.5. The lowest BCUT2D eigenvalue weighted by Gasteiger charge is -2.21. The molecule has 3 unspecified atom stereocenters. The molecule has 5 atom stereocenters. The topological polar surface area (TPSA) is 103 Å². The largest absolute Gasteiger partial charge is 0.496 e. The molecule has 158 valence electrons. The minimum atomic E-state index is -0.836. The van der Waals surface area contributed by atoms with Gasteiger partial charge in [0.15, 0.2) is 0 Å². The molecule has 0 spiro atoms. The number of carboxylic acid groups (broad SMARTS) is 1. The van der Waals surface area contributed by atoms with E-state index < -0.39 is 12.0 Å². The number of hydrogen-bond acceptors (Lipinski definition) is 5. The fourth-order valence-electron chi connectivity index (χ4n) is 4.30. The van der Waals surface area contributed by atoms with Crippen LogP contribution in [0.4, 0.5) is 0 Å². The highest BCUT2D eigenvalue weighted by Gasteiger charge is 2.53. The molecule has 5 N–H and O–H groups in total. The molecular weight excluding hydrogens is 380 g/mol. The molecule has 0 radical (unpaired) electrons. The van der Waals surface area contributed by atoms with Crippen molar-refractivity contribution in [2.75, 3.05) is 7.11 Å². The summed E-state index contributed by atoms with van der Waals surface area (Å²) in [6.07, 6.45) is 2.90. The van der Waals surface area contributed by atoms with Gasteiger partial charge in [-0.15, -0.1) is 0 Å². The maximum atomic E-state index is 11.7. The highest BCUT2D eigenvalue weighted by molar-refractivity contribution is 5.84. The summed E-state index contributed by atoms with van der Waals surface area (Å²) in [7, 11) is 1.66. The van der Waals surface area contributed by atoms with E-state index in [1.807, 2.05) is 48.7 Å². The first kappa shape index (κ1) is 20.4. The van der Waals surface area contributed by atoms with Crippen LogP contribution >= 0.6 is 0 Å². The number of nitrogens with one attached hydrogen (secondary N) is 2. The molecule has 1 fully saturated rings. The van der Waals surface area contributed by atoms with Crippen molar-refractivity contribution in [2.24, 2.45) is 5.73 Å². The van der Waals surface area contributed by atoms with E-state index in [2.05, 4.69) is 23.4 Å². The van der Waals surface area contributed by atoms with E-state index in [1.54, 1.807) is 12.1 Å². The Morgan fingerprint density at radius 2 is 2.00 bits per heavy atom. The van der Waals surface area contributed by atoms with E-state index in [0.29, 0.717) is 12.8 Å². The second-order valence-corrected chi connectivity index (χ2v) is 7.94. The summed E-state index contributed by atoms with van der Waals surface area (Å²) < 4.78 is 5.45. The van der Waals surface area contributed by atoms with Gasteiger partial charge in [0.05, 0.1) is 19.3 Å². The molecule has 7 heteroatoms. The van der Waals surface area contributed by atoms with Gasteiger partial charge in [-0.1, -0.05) is 43.3 Å². The maximum Gasteiger partial charge on any atom is 0.324 e. The lowest BCUT2D eigenvalue weighted by molar-refractivity contribution is -0.137. The van der Waals surface area contributed by atoms with Crippen molar-refractivity contribution in [1.29, 1.82) is 0 Å². The van der Waals surface area contributed by atoms with Crippen molar-refractivity contribution in [1.82, 2.24) is 15.4 Å². The van der Waals surface area contributed by atoms with Crippen molar-refractivity contribution in [2.45, 2.75) is 43.9 Å². The highest BCUT2D eigenvalue weighted by Crippen LogP contribution is 2.33. The molecule has 2 aromatic carbocycles. The number of nitrogens with zero attached hydrogens (tertiary/aromatic N) is 1. The first-order valence-electron chi connectivity index (χ1n) is 10.2. The van der Waals surface area contributed by atoms with Crippen LogP contribution in [0.25, 0.3) is 10.9 Å². The van der Waals surface area contributed by atoms with Crippen LogP contribution in [-0.2, 0) is 11.2 Å². The van der Waals surface area contributed by atoms with E-state index in [4.69, 9.17) is 10.5 Å². The fraction of sp³-hybridized carbons (Fsp3) is 0.348. The normalized spacial score (nSPS) is 22.6. The molecule has 0 aliphatic carbocycles. The molecule has 4 rings (SSSR count). The summed E-state index contributed by atoms with van der Waals surface area (Å²) in [6, 6.07) is 15.2. The number of carbonyl (C=O) groups is 1. The number of H-pyrrole nitrogens is 1. The molecule has 3 aromatic rings. The van der Waals surface area contributed by atoms with Gasteiger partial charge >= 0.3 is 5.97 Å². The lowest BCUT2D eigenvalue weighted by Crippen LogP contribution is -2.43. The van der Waals surface area contributed by atoms with E-state index >= 15 is 0 Å². The van der Waals surface area contributed by atoms with E-state index in [0.717, 1.165) is 27.8 Å². The highest BCUT2D eigenvalue weighted by atomic mass is 16.5. The third kappa shape index (κ3) is 4.05. The second-order valence-electron chi connectivity index (χ2n) is 7.94. The number of aromatic amines is 1. The average molecular weight is 409 g/mol. The molecule has 0 saturated carbocycles. The third-order valence-corrected chi connectivity index (χ3v) is 5.88. The molecule has 2 heterocycles. The molecule has 1 aliphatic rings. The van der Waals surface area contributed by atoms with Gasteiger partial charge in [0.25, 0.3) is 0 Å². The number of ether oxygens (including phenoxy) is 1. The Morgan fingerprint density at radius 3 is 2.77 bits per heavy atom. The number of aliphatic carboxylic acids is 1. The number of aromatic nitrogens is 1. The number of para-hydroxylation sites is 2. The van der Waals surface area contributed by atoms with Gasteiger partial charge in [0, 0.05) is 17.1 Å². The Hall–Kier alpha value is -2.87. The fourth-order valence-corrected chi connectivity index (χ4v) is 4.30. The number of carboxylic acids is 1. The van der Waals surface area contributed by atoms with Crippen LogP contribution < -0.4 is 15.9 Å². The summed E-state index contributed by atoms with van der Waals surface area (Å²) in [5.41, 5.74) is 12.8. The molecule has 0 bridgehead atoms. The van der Waals surface area contributed by atoms with Gasteiger partial charge in [-0.25, -0.2) is 10.4 Å². The number of hydrazine groups is 1. The Bertz CT molecular complexity index is 1030. The van der Waals surface area contributed by atoms with Gasteiger partial charge in [0.1, 0.15) is 11.8 Å². The second kappa shape index (κ2) is 8.47. The Balaban J connectivity index is 1.41. The molecule has 7 nitrogen and oxygen atoms in total. The van der Waals surface area contributed by atoms with Crippen molar-refractivity contribution in [3.05, 3.63) is 65.9 Å². The van der Waals surface area contributed by atoms with Gasteiger partial charge in [-0.05, 0) is 42.0 Å². The van der Waals surface area contributed by atoms with Gasteiger partial charge in [0.2, 0.25) is 0 Å². The zero-order valence-electron chi connectivity index (χ0n) is 17.2. The van der Waals surface area contributed by atoms with Crippen molar-refractivity contribution in [3.8, 4) is 5.75 Å². The molecule has 0 amide bonds. The average Bonchev–Trinajstić information content (AvgIpc) is 3.25. The monoisotopic (exact) mass is 408 g/mol. The van der Waals surface area contributed by atoms with E-state index in [9.17, 15) is 9.90 Å². The Kier molecular flexibility index (Phi) is 5.76. The number of fused-ring (bicyclic) bond motifs is 1. The quantitative estimate of drug-likeness (QED) is 0.321. The summed E-state index contributed by atoms with van der Waals surface area (Å²) in [5.74, 6) is 0.167. The van der Waals surface area contributed by atoms with Crippen LogP contribution in [-0.4, -0.2) is 46.4 Å². The molecule has 1 aromatic heterocycles. The van der Waals surface area contributed by atoms with Crippen LogP contribution in [0.15, 0.2) is 54.7 Å². The predicted octanol–water partition coefficient (Wildman–Crippen LogP) is 2.84.